The van der Waals surface area contributed by atoms with Gasteiger partial charge in [-0.3, -0.25) is 19.7 Å². The van der Waals surface area contributed by atoms with Crippen LogP contribution in [0.1, 0.15) is 34.3 Å². The van der Waals surface area contributed by atoms with E-state index in [1.807, 2.05) is 48.9 Å². The summed E-state index contributed by atoms with van der Waals surface area (Å²) in [6.07, 6.45) is 2.35. The summed E-state index contributed by atoms with van der Waals surface area (Å²) in [6.45, 7) is 2.29. The number of benzene rings is 2. The van der Waals surface area contributed by atoms with E-state index in [9.17, 15) is 14.4 Å². The maximum atomic E-state index is 13.0. The van der Waals surface area contributed by atoms with Gasteiger partial charge < -0.3 is 9.47 Å². The number of carbonyl (C=O) groups is 3. The van der Waals surface area contributed by atoms with Gasteiger partial charge in [0.25, 0.3) is 5.91 Å². The van der Waals surface area contributed by atoms with Crippen molar-refractivity contribution < 1.29 is 14.4 Å². The van der Waals surface area contributed by atoms with E-state index in [1.54, 1.807) is 17.3 Å². The number of aromatic nitrogens is 2. The Morgan fingerprint density at radius 2 is 1.88 bits per heavy atom. The molecule has 0 spiro atoms. The average Bonchev–Trinajstić information content (AvgIpc) is 3.30. The first-order valence-corrected chi connectivity index (χ1v) is 10.8. The summed E-state index contributed by atoms with van der Waals surface area (Å²) in [5, 5.41) is 3.04. The second-order valence-electron chi connectivity index (χ2n) is 8.29. The van der Waals surface area contributed by atoms with Gasteiger partial charge in [-0.25, -0.2) is 4.98 Å². The van der Waals surface area contributed by atoms with Crippen LogP contribution in [0.5, 0.6) is 0 Å². The van der Waals surface area contributed by atoms with Crippen LogP contribution >= 0.6 is 11.6 Å². The predicted molar refractivity (Wildman–Crippen MR) is 120 cm³/mol. The van der Waals surface area contributed by atoms with E-state index in [2.05, 4.69) is 10.3 Å². The van der Waals surface area contributed by atoms with Gasteiger partial charge in [-0.15, -0.1) is 0 Å². The molecule has 7 nitrogen and oxygen atoms in total. The molecule has 0 radical (unpaired) electrons. The first kappa shape index (κ1) is 20.5. The third-order valence-corrected chi connectivity index (χ3v) is 6.59. The van der Waals surface area contributed by atoms with Gasteiger partial charge in [-0.2, -0.15) is 0 Å². The Kier molecular flexibility index (Phi) is 4.86. The smallest absolute Gasteiger partial charge is 0.255 e. The molecule has 32 heavy (non-hydrogen) atoms. The Balaban J connectivity index is 1.50. The molecule has 1 saturated heterocycles. The van der Waals surface area contributed by atoms with Gasteiger partial charge in [0.2, 0.25) is 11.8 Å². The normalized spacial score (nSPS) is 18.2. The lowest BCUT2D eigenvalue weighted by Gasteiger charge is -2.29. The molecule has 2 aromatic carbocycles. The largest absolute Gasteiger partial charge is 0.333 e. The zero-order valence-electron chi connectivity index (χ0n) is 17.7. The number of nitrogens with zero attached hydrogens (tertiary/aromatic N) is 3. The minimum absolute atomic E-state index is 0.185. The van der Waals surface area contributed by atoms with Gasteiger partial charge in [0.15, 0.2) is 0 Å². The number of amides is 3. The second-order valence-corrected chi connectivity index (χ2v) is 8.70. The number of piperidine rings is 1. The van der Waals surface area contributed by atoms with Gasteiger partial charge in [0.05, 0.1) is 17.7 Å². The lowest BCUT2D eigenvalue weighted by Crippen LogP contribution is -2.52. The molecule has 1 unspecified atom stereocenters. The summed E-state index contributed by atoms with van der Waals surface area (Å²) >= 11 is 6.21. The van der Waals surface area contributed by atoms with E-state index in [1.165, 1.54) is 0 Å². The number of aryl methyl sites for hydroxylation is 2. The molecule has 8 heteroatoms. The van der Waals surface area contributed by atoms with E-state index in [0.717, 1.165) is 33.6 Å². The van der Waals surface area contributed by atoms with Crippen molar-refractivity contribution in [2.24, 2.45) is 7.05 Å². The molecule has 3 amide bonds. The Bertz CT molecular complexity index is 1300. The van der Waals surface area contributed by atoms with Crippen molar-refractivity contribution in [2.45, 2.75) is 32.4 Å². The lowest BCUT2D eigenvalue weighted by molar-refractivity contribution is -0.136. The highest BCUT2D eigenvalue weighted by Gasteiger charge is 2.39. The van der Waals surface area contributed by atoms with Gasteiger partial charge in [0.1, 0.15) is 6.04 Å². The SMILES string of the molecule is Cc1cc(-c2c(-c3ccc4c(c3)CN(C3CCC(=O)NC3=O)C4=O)ncn2C)ccc1Cl. The predicted octanol–water partition coefficient (Wildman–Crippen LogP) is 3.48. The second kappa shape index (κ2) is 7.60. The number of hydrogen-bond donors (Lipinski definition) is 1. The molecular weight excluding hydrogens is 428 g/mol. The topological polar surface area (TPSA) is 84.3 Å². The Hall–Kier alpha value is -3.45. The molecule has 3 heterocycles. The van der Waals surface area contributed by atoms with Crippen LogP contribution in [0.2, 0.25) is 5.02 Å². The quantitative estimate of drug-likeness (QED) is 0.622. The number of nitrogens with one attached hydrogen (secondary N) is 1. The van der Waals surface area contributed by atoms with Crippen LogP contribution in [0.25, 0.3) is 22.5 Å². The maximum absolute atomic E-state index is 13.0. The van der Waals surface area contributed by atoms with Crippen LogP contribution in [0.15, 0.2) is 42.7 Å². The van der Waals surface area contributed by atoms with Crippen molar-refractivity contribution in [1.82, 2.24) is 19.8 Å². The fourth-order valence-electron chi connectivity index (χ4n) is 4.50. The summed E-state index contributed by atoms with van der Waals surface area (Å²) in [4.78, 5) is 42.9. The van der Waals surface area contributed by atoms with E-state index in [0.29, 0.717) is 23.6 Å². The van der Waals surface area contributed by atoms with Crippen molar-refractivity contribution in [3.63, 3.8) is 0 Å². The standard InChI is InChI=1S/C24H21ClN4O3/c1-13-9-15(4-6-18(13)25)22-21(26-12-28(22)2)14-3-5-17-16(10-14)11-29(24(17)32)19-7-8-20(30)27-23(19)31/h3-6,9-10,12,19H,7-8,11H2,1-2H3,(H,27,30,31). The van der Waals surface area contributed by atoms with Gasteiger partial charge in [0, 0.05) is 41.7 Å². The maximum Gasteiger partial charge on any atom is 0.255 e. The lowest BCUT2D eigenvalue weighted by atomic mass is 10.00. The number of halogens is 1. The molecule has 162 valence electrons. The zero-order valence-corrected chi connectivity index (χ0v) is 18.4. The highest BCUT2D eigenvalue weighted by molar-refractivity contribution is 6.31. The van der Waals surface area contributed by atoms with E-state index in [-0.39, 0.29) is 18.2 Å². The Morgan fingerprint density at radius 1 is 1.09 bits per heavy atom. The van der Waals surface area contributed by atoms with Crippen LogP contribution in [-0.2, 0) is 23.2 Å². The molecule has 2 aliphatic rings. The number of fused-ring (bicyclic) bond motifs is 1. The summed E-state index contributed by atoms with van der Waals surface area (Å²) < 4.78 is 1.96. The third-order valence-electron chi connectivity index (χ3n) is 6.17. The number of rotatable bonds is 3. The third kappa shape index (κ3) is 3.29. The van der Waals surface area contributed by atoms with Crippen molar-refractivity contribution in [3.8, 4) is 22.5 Å². The molecule has 2 aliphatic heterocycles. The van der Waals surface area contributed by atoms with Crippen LogP contribution in [-0.4, -0.2) is 38.2 Å². The zero-order chi connectivity index (χ0) is 22.6. The van der Waals surface area contributed by atoms with Gasteiger partial charge in [-0.05, 0) is 48.7 Å². The van der Waals surface area contributed by atoms with Crippen LogP contribution in [0, 0.1) is 6.92 Å². The van der Waals surface area contributed by atoms with Gasteiger partial charge in [-0.1, -0.05) is 23.7 Å². The van der Waals surface area contributed by atoms with Crippen molar-refractivity contribution in [1.29, 1.82) is 0 Å². The summed E-state index contributed by atoms with van der Waals surface area (Å²) in [6, 6.07) is 10.9. The van der Waals surface area contributed by atoms with E-state index < -0.39 is 11.9 Å². The van der Waals surface area contributed by atoms with E-state index >= 15 is 0 Å². The van der Waals surface area contributed by atoms with Crippen LogP contribution in [0.4, 0.5) is 0 Å². The molecule has 1 aromatic heterocycles. The first-order chi connectivity index (χ1) is 15.3. The average molecular weight is 449 g/mol. The molecule has 0 bridgehead atoms. The first-order valence-electron chi connectivity index (χ1n) is 10.4. The molecule has 1 fully saturated rings. The molecule has 1 N–H and O–H groups in total. The summed E-state index contributed by atoms with van der Waals surface area (Å²) in [7, 11) is 1.94. The molecule has 0 aliphatic carbocycles. The van der Waals surface area contributed by atoms with Crippen LogP contribution in [0.3, 0.4) is 0 Å². The Labute approximate surface area is 190 Å². The summed E-state index contributed by atoms with van der Waals surface area (Å²) in [5.74, 6) is -0.888. The molecule has 0 saturated carbocycles. The van der Waals surface area contributed by atoms with Crippen molar-refractivity contribution >= 4 is 29.3 Å². The molecular formula is C24H21ClN4O3. The number of hydrogen-bond acceptors (Lipinski definition) is 4. The van der Waals surface area contributed by atoms with E-state index in [4.69, 9.17) is 11.6 Å². The molecule has 1 atom stereocenters. The summed E-state index contributed by atoms with van der Waals surface area (Å²) in [5.41, 5.74) is 6.07. The van der Waals surface area contributed by atoms with Crippen molar-refractivity contribution in [3.05, 3.63) is 64.4 Å². The Morgan fingerprint density at radius 3 is 2.62 bits per heavy atom. The highest BCUT2D eigenvalue weighted by atomic mass is 35.5. The number of carbonyl (C=O) groups excluding carboxylic acids is 3. The fraction of sp³-hybridized carbons (Fsp3) is 0.250. The minimum Gasteiger partial charge on any atom is -0.333 e. The molecule has 5 rings (SSSR count). The highest BCUT2D eigenvalue weighted by Crippen LogP contribution is 2.35. The fourth-order valence-corrected chi connectivity index (χ4v) is 4.61. The number of imidazole rings is 1. The van der Waals surface area contributed by atoms with Crippen molar-refractivity contribution in [2.75, 3.05) is 0 Å². The van der Waals surface area contributed by atoms with Crippen LogP contribution < -0.4 is 5.32 Å². The monoisotopic (exact) mass is 448 g/mol. The molecule has 3 aromatic rings. The van der Waals surface area contributed by atoms with Gasteiger partial charge >= 0.3 is 0 Å². The number of imide groups is 1. The minimum atomic E-state index is -0.626.